The van der Waals surface area contributed by atoms with E-state index in [0.29, 0.717) is 12.8 Å². The molecule has 0 rings (SSSR count). The van der Waals surface area contributed by atoms with Gasteiger partial charge in [-0.15, -0.1) is 0 Å². The minimum atomic E-state index is -0.796. The minimum Gasteiger partial charge on any atom is -0.462 e. The maximum Gasteiger partial charge on any atom is 0.306 e. The third kappa shape index (κ3) is 72.3. The fraction of sp³-hybridized carbons (Fsp3) is 0.679. The van der Waals surface area contributed by atoms with E-state index in [1.807, 2.05) is 0 Å². The highest BCUT2D eigenvalue weighted by molar-refractivity contribution is 5.70. The molecule has 0 saturated carbocycles. The predicted octanol–water partition coefficient (Wildman–Crippen LogP) is 25.7. The van der Waals surface area contributed by atoms with E-state index < -0.39 is 6.10 Å². The lowest BCUT2D eigenvalue weighted by molar-refractivity contribution is -0.161. The molecular formula is C81H136O5. The number of carbonyl (C=O) groups excluding carboxylic acids is 2. The molecule has 5 heteroatoms. The van der Waals surface area contributed by atoms with Gasteiger partial charge < -0.3 is 14.6 Å². The quantitative estimate of drug-likeness (QED) is 0.0373. The fourth-order valence-corrected chi connectivity index (χ4v) is 10.2. The molecule has 0 heterocycles. The Morgan fingerprint density at radius 2 is 0.500 bits per heavy atom. The Labute approximate surface area is 533 Å². The number of aliphatic hydroxyl groups excluding tert-OH is 1. The van der Waals surface area contributed by atoms with Crippen LogP contribution in [0.5, 0.6) is 0 Å². The minimum absolute atomic E-state index is 0.0818. The van der Waals surface area contributed by atoms with E-state index in [1.165, 1.54) is 186 Å². The molecule has 86 heavy (non-hydrogen) atoms. The van der Waals surface area contributed by atoms with E-state index in [9.17, 15) is 14.7 Å². The predicted molar refractivity (Wildman–Crippen MR) is 380 cm³/mol. The smallest absolute Gasteiger partial charge is 0.306 e. The molecular weight excluding hydrogens is 1050 g/mol. The van der Waals surface area contributed by atoms with Crippen LogP contribution in [0.25, 0.3) is 0 Å². The molecule has 0 aliphatic heterocycles. The molecule has 0 spiro atoms. The molecule has 0 fully saturated rings. The normalized spacial score (nSPS) is 13.1. The van der Waals surface area contributed by atoms with Gasteiger partial charge in [0.05, 0.1) is 6.61 Å². The Kier molecular flexibility index (Phi) is 71.3. The van der Waals surface area contributed by atoms with E-state index >= 15 is 0 Å². The molecule has 0 aromatic rings. The van der Waals surface area contributed by atoms with Gasteiger partial charge in [-0.25, -0.2) is 0 Å². The van der Waals surface area contributed by atoms with Crippen molar-refractivity contribution in [2.75, 3.05) is 13.2 Å². The van der Waals surface area contributed by atoms with Gasteiger partial charge in [-0.05, 0) is 122 Å². The van der Waals surface area contributed by atoms with Crippen molar-refractivity contribution < 1.29 is 24.2 Å². The Morgan fingerprint density at radius 1 is 0.279 bits per heavy atom. The van der Waals surface area contributed by atoms with Crippen LogP contribution in [0, 0.1) is 0 Å². The van der Waals surface area contributed by atoms with Gasteiger partial charge in [0.1, 0.15) is 6.61 Å². The summed E-state index contributed by atoms with van der Waals surface area (Å²) in [6.07, 6.45) is 113. The van der Waals surface area contributed by atoms with Crippen LogP contribution in [0.4, 0.5) is 0 Å². The number of hydrogen-bond acceptors (Lipinski definition) is 5. The molecule has 0 bridgehead atoms. The molecule has 0 amide bonds. The van der Waals surface area contributed by atoms with E-state index in [-0.39, 0.29) is 25.2 Å². The zero-order valence-electron chi connectivity index (χ0n) is 56.3. The number of aliphatic hydroxyl groups is 1. The molecule has 0 aromatic heterocycles. The van der Waals surface area contributed by atoms with Gasteiger partial charge in [0, 0.05) is 12.8 Å². The van der Waals surface area contributed by atoms with Crippen LogP contribution in [-0.4, -0.2) is 36.4 Å². The van der Waals surface area contributed by atoms with Crippen LogP contribution in [-0.2, 0) is 19.1 Å². The summed E-state index contributed by atoms with van der Waals surface area (Å²) in [5.41, 5.74) is 0. The van der Waals surface area contributed by atoms with Gasteiger partial charge in [-0.3, -0.25) is 9.59 Å². The summed E-state index contributed by atoms with van der Waals surface area (Å²) in [7, 11) is 0. The number of hydrogen-bond donors (Lipinski definition) is 1. The number of allylic oxidation sites excluding steroid dienone is 24. The van der Waals surface area contributed by atoms with Crippen LogP contribution in [0.15, 0.2) is 146 Å². The first-order chi connectivity index (χ1) is 42.6. The highest BCUT2D eigenvalue weighted by Gasteiger charge is 2.16. The summed E-state index contributed by atoms with van der Waals surface area (Å²) >= 11 is 0. The fourth-order valence-electron chi connectivity index (χ4n) is 10.2. The molecule has 0 radical (unpaired) electrons. The van der Waals surface area contributed by atoms with Crippen LogP contribution < -0.4 is 0 Å². The van der Waals surface area contributed by atoms with E-state index in [0.717, 1.165) is 122 Å². The lowest BCUT2D eigenvalue weighted by Gasteiger charge is -2.15. The van der Waals surface area contributed by atoms with Crippen molar-refractivity contribution in [1.82, 2.24) is 0 Å². The molecule has 0 aliphatic rings. The average molecular weight is 1190 g/mol. The van der Waals surface area contributed by atoms with Crippen LogP contribution in [0.2, 0.25) is 0 Å². The zero-order chi connectivity index (χ0) is 61.9. The first-order valence-electron chi connectivity index (χ1n) is 36.4. The number of unbranched alkanes of at least 4 members (excludes halogenated alkanes) is 34. The summed E-state index contributed by atoms with van der Waals surface area (Å²) in [4.78, 5) is 24.7. The highest BCUT2D eigenvalue weighted by atomic mass is 16.6. The molecule has 0 aliphatic carbocycles. The van der Waals surface area contributed by atoms with E-state index in [1.54, 1.807) is 0 Å². The molecule has 0 aromatic carbocycles. The zero-order valence-corrected chi connectivity index (χ0v) is 56.3. The summed E-state index contributed by atoms with van der Waals surface area (Å²) in [5.74, 6) is -0.617. The van der Waals surface area contributed by atoms with Crippen molar-refractivity contribution in [3.63, 3.8) is 0 Å². The SMILES string of the molecule is CC/C=C\C/C=C\C/C=C\C/C=C\C/C=C\C/C=C\C/C=C\C/C=C\C/C=C\C/C=C\CCCCCCC(=O)OC(CO)COC(=O)CCCCCCCCCCCCCCCCCCCCCCCCCCC/C=C\C/C=C\CCCCCCC. The maximum absolute atomic E-state index is 12.4. The maximum atomic E-state index is 12.4. The average Bonchev–Trinajstić information content (AvgIpc) is 3.55. The van der Waals surface area contributed by atoms with Crippen molar-refractivity contribution in [2.45, 2.75) is 341 Å². The Hall–Kier alpha value is -4.22. The monoisotopic (exact) mass is 1190 g/mol. The van der Waals surface area contributed by atoms with Crippen molar-refractivity contribution in [1.29, 1.82) is 0 Å². The van der Waals surface area contributed by atoms with Gasteiger partial charge in [-0.1, -0.05) is 346 Å². The first-order valence-corrected chi connectivity index (χ1v) is 36.4. The molecule has 1 atom stereocenters. The summed E-state index contributed by atoms with van der Waals surface area (Å²) in [5, 5.41) is 9.70. The largest absolute Gasteiger partial charge is 0.462 e. The molecule has 1 unspecified atom stereocenters. The van der Waals surface area contributed by atoms with Gasteiger partial charge >= 0.3 is 11.9 Å². The van der Waals surface area contributed by atoms with Crippen molar-refractivity contribution >= 4 is 11.9 Å². The van der Waals surface area contributed by atoms with Crippen molar-refractivity contribution in [2.24, 2.45) is 0 Å². The molecule has 490 valence electrons. The summed E-state index contributed by atoms with van der Waals surface area (Å²) < 4.78 is 10.7. The molecule has 5 nitrogen and oxygen atoms in total. The molecule has 0 saturated heterocycles. The van der Waals surface area contributed by atoms with Gasteiger partial charge in [0.2, 0.25) is 0 Å². The van der Waals surface area contributed by atoms with E-state index in [4.69, 9.17) is 9.47 Å². The second kappa shape index (κ2) is 75.0. The van der Waals surface area contributed by atoms with Gasteiger partial charge in [0.25, 0.3) is 0 Å². The van der Waals surface area contributed by atoms with Crippen molar-refractivity contribution in [3.8, 4) is 0 Å². The number of rotatable bonds is 66. The Morgan fingerprint density at radius 3 is 0.756 bits per heavy atom. The van der Waals surface area contributed by atoms with Gasteiger partial charge in [-0.2, -0.15) is 0 Å². The lowest BCUT2D eigenvalue weighted by atomic mass is 10.0. The summed E-state index contributed by atoms with van der Waals surface area (Å²) in [6, 6.07) is 0. The molecule has 1 N–H and O–H groups in total. The topological polar surface area (TPSA) is 72.8 Å². The number of carbonyl (C=O) groups is 2. The summed E-state index contributed by atoms with van der Waals surface area (Å²) in [6.45, 7) is 4.02. The third-order valence-electron chi connectivity index (χ3n) is 15.6. The van der Waals surface area contributed by atoms with Crippen molar-refractivity contribution in [3.05, 3.63) is 146 Å². The number of esters is 2. The Balaban J connectivity index is 3.53. The highest BCUT2D eigenvalue weighted by Crippen LogP contribution is 2.17. The third-order valence-corrected chi connectivity index (χ3v) is 15.6. The standard InChI is InChI=1S/C81H136O5/c1-3-5-7-9-11-13-15-17-19-21-23-25-27-29-31-33-35-37-39-40-42-43-45-47-49-51-53-55-57-59-61-63-65-67-69-71-73-75-80(83)85-78-79(77-82)86-81(84)76-74-72-70-68-66-64-62-60-58-56-54-52-50-48-46-44-41-38-36-34-32-30-28-26-24-22-20-18-16-14-12-10-8-6-4-2/h6,8,12,14-15,17-18,20-21,23-24,26,30,32,36,38,44,46,50,52,56,58,62,64,79,82H,3-5,7,9-11,13,16,19,22,25,27-29,31,33-35,37,39-43,45,47-49,51,53-55,57,59-61,63,65-78H2,1-2H3/b8-6-,14-12-,17-15-,20-18-,23-21-,26-24-,32-30-,38-36-,46-44-,52-50-,58-56-,64-62-. The second-order valence-corrected chi connectivity index (χ2v) is 23.9. The number of ether oxygens (including phenoxy) is 2. The van der Waals surface area contributed by atoms with Crippen LogP contribution in [0.1, 0.15) is 335 Å². The Bertz CT molecular complexity index is 1780. The van der Waals surface area contributed by atoms with Gasteiger partial charge in [0.15, 0.2) is 6.10 Å². The van der Waals surface area contributed by atoms with Crippen LogP contribution in [0.3, 0.4) is 0 Å². The van der Waals surface area contributed by atoms with Crippen LogP contribution >= 0.6 is 0 Å². The second-order valence-electron chi connectivity index (χ2n) is 23.9. The lowest BCUT2D eigenvalue weighted by Crippen LogP contribution is -2.28. The first kappa shape index (κ1) is 81.8. The van der Waals surface area contributed by atoms with E-state index in [2.05, 4.69) is 160 Å².